The zero-order chi connectivity index (χ0) is 13.7. The van der Waals surface area contributed by atoms with Gasteiger partial charge in [-0.1, -0.05) is 12.1 Å². The van der Waals surface area contributed by atoms with Gasteiger partial charge in [0.15, 0.2) is 5.96 Å². The molecule has 0 bridgehead atoms. The minimum absolute atomic E-state index is 0.569. The van der Waals surface area contributed by atoms with Crippen molar-refractivity contribution in [3.63, 3.8) is 0 Å². The number of guanidine groups is 1. The van der Waals surface area contributed by atoms with Gasteiger partial charge in [0.1, 0.15) is 0 Å². The van der Waals surface area contributed by atoms with Crippen LogP contribution in [0.4, 0.5) is 5.69 Å². The molecule has 0 fully saturated rings. The number of benzene rings is 1. The molecule has 0 unspecified atom stereocenters. The molecule has 0 aromatic heterocycles. The summed E-state index contributed by atoms with van der Waals surface area (Å²) in [5.41, 5.74) is 1.63. The molecule has 1 aliphatic heterocycles. The standard InChI is InChI=1S/C12H18N4O2S/c1-19(17,18)16-11-5-3-10(4-6-11)9-15-12-13-7-2-8-14-12/h3-6,16H,2,7-9H2,1H3,(H2,13,14,15). The Kier molecular flexibility index (Phi) is 4.26. The topological polar surface area (TPSA) is 82.6 Å². The van der Waals surface area contributed by atoms with E-state index in [0.29, 0.717) is 12.2 Å². The van der Waals surface area contributed by atoms with Crippen molar-refractivity contribution in [2.24, 2.45) is 4.99 Å². The van der Waals surface area contributed by atoms with Gasteiger partial charge in [0, 0.05) is 25.3 Å². The molecule has 19 heavy (non-hydrogen) atoms. The van der Waals surface area contributed by atoms with E-state index in [-0.39, 0.29) is 0 Å². The molecule has 1 aromatic rings. The van der Waals surface area contributed by atoms with Gasteiger partial charge < -0.3 is 10.6 Å². The molecule has 0 saturated carbocycles. The summed E-state index contributed by atoms with van der Waals surface area (Å²) in [7, 11) is -3.21. The number of hydrogen-bond acceptors (Lipinski definition) is 5. The maximum atomic E-state index is 11.1. The Morgan fingerprint density at radius 1 is 1.32 bits per heavy atom. The molecule has 7 heteroatoms. The highest BCUT2D eigenvalue weighted by atomic mass is 32.2. The van der Waals surface area contributed by atoms with Gasteiger partial charge in [-0.25, -0.2) is 8.42 Å². The van der Waals surface area contributed by atoms with Crippen molar-refractivity contribution in [1.82, 2.24) is 10.6 Å². The van der Waals surface area contributed by atoms with E-state index in [4.69, 9.17) is 0 Å². The molecule has 0 atom stereocenters. The minimum atomic E-state index is -3.21. The van der Waals surface area contributed by atoms with E-state index in [1.807, 2.05) is 12.1 Å². The molecule has 0 radical (unpaired) electrons. The SMILES string of the molecule is CS(=O)(=O)Nc1ccc(CNC2=NCCCN2)cc1. The van der Waals surface area contributed by atoms with Gasteiger partial charge in [-0.15, -0.1) is 0 Å². The maximum absolute atomic E-state index is 11.1. The van der Waals surface area contributed by atoms with Crippen molar-refractivity contribution >= 4 is 21.7 Å². The molecule has 1 heterocycles. The van der Waals surface area contributed by atoms with Gasteiger partial charge in [-0.05, 0) is 24.1 Å². The first-order valence-electron chi connectivity index (χ1n) is 6.12. The first-order valence-corrected chi connectivity index (χ1v) is 8.01. The zero-order valence-corrected chi connectivity index (χ0v) is 11.6. The van der Waals surface area contributed by atoms with Crippen molar-refractivity contribution in [2.75, 3.05) is 24.1 Å². The first kappa shape index (κ1) is 13.7. The lowest BCUT2D eigenvalue weighted by Gasteiger charge is -2.16. The molecule has 2 rings (SSSR count). The summed E-state index contributed by atoms with van der Waals surface area (Å²) < 4.78 is 24.6. The predicted molar refractivity (Wildman–Crippen MR) is 76.7 cm³/mol. The second kappa shape index (κ2) is 5.92. The minimum Gasteiger partial charge on any atom is -0.356 e. The Morgan fingerprint density at radius 2 is 2.05 bits per heavy atom. The average Bonchev–Trinajstić information content (AvgIpc) is 2.37. The van der Waals surface area contributed by atoms with Crippen LogP contribution in [0.15, 0.2) is 29.3 Å². The Hall–Kier alpha value is -1.76. The van der Waals surface area contributed by atoms with E-state index in [0.717, 1.165) is 37.3 Å². The number of rotatable bonds is 4. The van der Waals surface area contributed by atoms with Crippen LogP contribution in [0.3, 0.4) is 0 Å². The van der Waals surface area contributed by atoms with Gasteiger partial charge in [-0.2, -0.15) is 0 Å². The Morgan fingerprint density at radius 3 is 2.63 bits per heavy atom. The van der Waals surface area contributed by atoms with Crippen molar-refractivity contribution in [3.8, 4) is 0 Å². The van der Waals surface area contributed by atoms with Crippen molar-refractivity contribution in [3.05, 3.63) is 29.8 Å². The van der Waals surface area contributed by atoms with Crippen LogP contribution >= 0.6 is 0 Å². The van der Waals surface area contributed by atoms with Gasteiger partial charge in [0.05, 0.1) is 6.26 Å². The van der Waals surface area contributed by atoms with Gasteiger partial charge >= 0.3 is 0 Å². The molecule has 3 N–H and O–H groups in total. The summed E-state index contributed by atoms with van der Waals surface area (Å²) in [4.78, 5) is 4.31. The molecule has 1 aromatic carbocycles. The monoisotopic (exact) mass is 282 g/mol. The highest BCUT2D eigenvalue weighted by molar-refractivity contribution is 7.92. The summed E-state index contributed by atoms with van der Waals surface area (Å²) in [5.74, 6) is 0.824. The molecular weight excluding hydrogens is 264 g/mol. The Bertz CT molecular complexity index is 552. The van der Waals surface area contributed by atoms with Gasteiger partial charge in [-0.3, -0.25) is 9.71 Å². The molecule has 6 nitrogen and oxygen atoms in total. The number of aliphatic imine (C=N–C) groups is 1. The van der Waals surface area contributed by atoms with Gasteiger partial charge in [0.25, 0.3) is 0 Å². The van der Waals surface area contributed by atoms with Crippen LogP contribution in [-0.4, -0.2) is 33.7 Å². The zero-order valence-electron chi connectivity index (χ0n) is 10.8. The number of anilines is 1. The van der Waals surface area contributed by atoms with Crippen LogP contribution < -0.4 is 15.4 Å². The quantitative estimate of drug-likeness (QED) is 0.751. The van der Waals surface area contributed by atoms with E-state index in [9.17, 15) is 8.42 Å². The van der Waals surface area contributed by atoms with Crippen LogP contribution in [0, 0.1) is 0 Å². The fraction of sp³-hybridized carbons (Fsp3) is 0.417. The highest BCUT2D eigenvalue weighted by Crippen LogP contribution is 2.10. The van der Waals surface area contributed by atoms with Crippen molar-refractivity contribution in [2.45, 2.75) is 13.0 Å². The lowest BCUT2D eigenvalue weighted by molar-refractivity contribution is 0.607. The molecule has 0 aliphatic carbocycles. The summed E-state index contributed by atoms with van der Waals surface area (Å²) in [6.07, 6.45) is 2.20. The summed E-state index contributed by atoms with van der Waals surface area (Å²) in [6, 6.07) is 7.25. The fourth-order valence-corrected chi connectivity index (χ4v) is 2.31. The van der Waals surface area contributed by atoms with Crippen LogP contribution in [0.1, 0.15) is 12.0 Å². The number of hydrogen-bond donors (Lipinski definition) is 3. The number of nitrogens with one attached hydrogen (secondary N) is 3. The fourth-order valence-electron chi connectivity index (χ4n) is 1.74. The van der Waals surface area contributed by atoms with Crippen LogP contribution in [-0.2, 0) is 16.6 Å². The molecule has 0 amide bonds. The van der Waals surface area contributed by atoms with Crippen LogP contribution in [0.2, 0.25) is 0 Å². The van der Waals surface area contributed by atoms with Gasteiger partial charge in [0.2, 0.25) is 10.0 Å². The van der Waals surface area contributed by atoms with Crippen molar-refractivity contribution < 1.29 is 8.42 Å². The van der Waals surface area contributed by atoms with Crippen molar-refractivity contribution in [1.29, 1.82) is 0 Å². The smallest absolute Gasteiger partial charge is 0.229 e. The maximum Gasteiger partial charge on any atom is 0.229 e. The predicted octanol–water partition coefficient (Wildman–Crippen LogP) is 0.497. The number of nitrogens with zero attached hydrogens (tertiary/aromatic N) is 1. The highest BCUT2D eigenvalue weighted by Gasteiger charge is 2.04. The summed E-state index contributed by atoms with van der Waals surface area (Å²) in [5, 5.41) is 6.38. The van der Waals surface area contributed by atoms with E-state index in [1.165, 1.54) is 0 Å². The third-order valence-corrected chi connectivity index (χ3v) is 3.22. The lowest BCUT2D eigenvalue weighted by Crippen LogP contribution is -2.40. The van der Waals surface area contributed by atoms with Crippen LogP contribution in [0.5, 0.6) is 0 Å². The molecular formula is C12H18N4O2S. The molecule has 0 saturated heterocycles. The molecule has 0 spiro atoms. The average molecular weight is 282 g/mol. The summed E-state index contributed by atoms with van der Waals surface area (Å²) >= 11 is 0. The largest absolute Gasteiger partial charge is 0.356 e. The third kappa shape index (κ3) is 4.78. The third-order valence-electron chi connectivity index (χ3n) is 2.61. The Labute approximate surface area is 113 Å². The Balaban J connectivity index is 1.90. The van der Waals surface area contributed by atoms with E-state index >= 15 is 0 Å². The lowest BCUT2D eigenvalue weighted by atomic mass is 10.2. The second-order valence-corrected chi connectivity index (χ2v) is 6.18. The first-order chi connectivity index (χ1) is 9.03. The van der Waals surface area contributed by atoms with E-state index in [1.54, 1.807) is 12.1 Å². The van der Waals surface area contributed by atoms with E-state index < -0.39 is 10.0 Å². The van der Waals surface area contributed by atoms with Crippen LogP contribution in [0.25, 0.3) is 0 Å². The molecule has 104 valence electrons. The summed E-state index contributed by atoms with van der Waals surface area (Å²) in [6.45, 7) is 2.46. The number of sulfonamides is 1. The molecule has 1 aliphatic rings. The normalized spacial score (nSPS) is 15.3. The second-order valence-electron chi connectivity index (χ2n) is 4.44. The van der Waals surface area contributed by atoms with E-state index in [2.05, 4.69) is 20.3 Å².